The van der Waals surface area contributed by atoms with Gasteiger partial charge in [0.05, 0.1) is 29.6 Å². The van der Waals surface area contributed by atoms with Crippen molar-refractivity contribution in [2.45, 2.75) is 59.5 Å². The van der Waals surface area contributed by atoms with E-state index >= 15 is 0 Å². The highest BCUT2D eigenvalue weighted by molar-refractivity contribution is 6.33. The molecule has 1 aromatic carbocycles. The van der Waals surface area contributed by atoms with Crippen LogP contribution in [0.5, 0.6) is 11.5 Å². The predicted molar refractivity (Wildman–Crippen MR) is 105 cm³/mol. The van der Waals surface area contributed by atoms with Crippen LogP contribution in [0.15, 0.2) is 24.3 Å². The lowest BCUT2D eigenvalue weighted by Gasteiger charge is -2.20. The van der Waals surface area contributed by atoms with Crippen LogP contribution in [-0.4, -0.2) is 18.2 Å². The Morgan fingerprint density at radius 3 is 2.28 bits per heavy atom. The average molecular weight is 362 g/mol. The van der Waals surface area contributed by atoms with Gasteiger partial charge in [-0.1, -0.05) is 39.3 Å². The number of aromatic nitrogens is 1. The zero-order valence-corrected chi connectivity index (χ0v) is 16.6. The molecular weight excluding hydrogens is 334 g/mol. The van der Waals surface area contributed by atoms with Gasteiger partial charge in [0.25, 0.3) is 0 Å². The van der Waals surface area contributed by atoms with Crippen LogP contribution in [0, 0.1) is 0 Å². The van der Waals surface area contributed by atoms with Gasteiger partial charge in [0, 0.05) is 5.56 Å². The summed E-state index contributed by atoms with van der Waals surface area (Å²) in [5.74, 6) is 1.65. The topological polar surface area (TPSA) is 31.4 Å². The lowest BCUT2D eigenvalue weighted by atomic mass is 10.0. The van der Waals surface area contributed by atoms with Gasteiger partial charge in [-0.05, 0) is 55.5 Å². The molecule has 0 spiro atoms. The molecule has 0 radical (unpaired) electrons. The second-order valence-corrected chi connectivity index (χ2v) is 6.46. The highest BCUT2D eigenvalue weighted by atomic mass is 35.5. The summed E-state index contributed by atoms with van der Waals surface area (Å²) in [6, 6.07) is 7.87. The van der Waals surface area contributed by atoms with Crippen molar-refractivity contribution in [1.29, 1.82) is 0 Å². The molecule has 0 amide bonds. The number of aryl methyl sites for hydroxylation is 2. The third-order valence-corrected chi connectivity index (χ3v) is 4.80. The first-order chi connectivity index (χ1) is 12.1. The van der Waals surface area contributed by atoms with Gasteiger partial charge in [-0.25, -0.2) is 4.98 Å². The molecule has 0 saturated carbocycles. The van der Waals surface area contributed by atoms with Crippen molar-refractivity contribution in [1.82, 2.24) is 4.98 Å². The summed E-state index contributed by atoms with van der Waals surface area (Å²) >= 11 is 6.48. The van der Waals surface area contributed by atoms with Crippen molar-refractivity contribution < 1.29 is 9.47 Å². The Kier molecular flexibility index (Phi) is 7.12. The van der Waals surface area contributed by atoms with Crippen LogP contribution < -0.4 is 9.47 Å². The fourth-order valence-electron chi connectivity index (χ4n) is 2.88. The lowest BCUT2D eigenvalue weighted by molar-refractivity contribution is 0.190. The smallest absolute Gasteiger partial charge is 0.141 e. The number of nitrogens with zero attached hydrogens (tertiary/aromatic N) is 1. The normalized spacial score (nSPS) is 11.0. The first kappa shape index (κ1) is 19.6. The standard InChI is InChI=1S/C21H28ClNO2/c1-6-14-12-20(25-15(7-2)8-3)19(9-4)23-21(14)17-11-10-16(24-5)13-18(17)22/h10-13,15H,6-9H2,1-5H3. The highest BCUT2D eigenvalue weighted by Crippen LogP contribution is 2.35. The van der Waals surface area contributed by atoms with Crippen LogP contribution in [-0.2, 0) is 12.8 Å². The molecule has 0 bridgehead atoms. The lowest BCUT2D eigenvalue weighted by Crippen LogP contribution is -2.15. The van der Waals surface area contributed by atoms with E-state index in [1.807, 2.05) is 18.2 Å². The number of benzene rings is 1. The molecule has 0 aliphatic carbocycles. The molecule has 0 aliphatic heterocycles. The molecule has 0 saturated heterocycles. The highest BCUT2D eigenvalue weighted by Gasteiger charge is 2.17. The number of pyridine rings is 1. The third kappa shape index (κ3) is 4.46. The first-order valence-corrected chi connectivity index (χ1v) is 9.48. The fourth-order valence-corrected chi connectivity index (χ4v) is 3.14. The van der Waals surface area contributed by atoms with Gasteiger partial charge in [-0.3, -0.25) is 0 Å². The number of methoxy groups -OCH3 is 1. The van der Waals surface area contributed by atoms with Gasteiger partial charge in [0.2, 0.25) is 0 Å². The zero-order chi connectivity index (χ0) is 18.4. The van der Waals surface area contributed by atoms with Crippen LogP contribution in [0.1, 0.15) is 51.8 Å². The van der Waals surface area contributed by atoms with Gasteiger partial charge in [0.1, 0.15) is 11.5 Å². The Balaban J connectivity index is 2.52. The molecule has 0 N–H and O–H groups in total. The van der Waals surface area contributed by atoms with Crippen molar-refractivity contribution in [3.8, 4) is 22.8 Å². The number of hydrogen-bond acceptors (Lipinski definition) is 3. The number of rotatable bonds is 8. The number of ether oxygens (including phenoxy) is 2. The van der Waals surface area contributed by atoms with E-state index in [2.05, 4.69) is 33.8 Å². The van der Waals surface area contributed by atoms with Gasteiger partial charge >= 0.3 is 0 Å². The van der Waals surface area contributed by atoms with Crippen LogP contribution in [0.4, 0.5) is 0 Å². The minimum Gasteiger partial charge on any atom is -0.497 e. The summed E-state index contributed by atoms with van der Waals surface area (Å²) in [6.07, 6.45) is 3.90. The molecule has 0 aliphatic rings. The molecule has 1 aromatic heterocycles. The van der Waals surface area contributed by atoms with Crippen molar-refractivity contribution >= 4 is 11.6 Å². The van der Waals surface area contributed by atoms with E-state index in [0.717, 1.165) is 59.7 Å². The number of halogens is 1. The Bertz CT molecular complexity index is 711. The molecule has 0 unspecified atom stereocenters. The molecule has 2 rings (SSSR count). The summed E-state index contributed by atoms with van der Waals surface area (Å²) in [5.41, 5.74) is 3.99. The fraction of sp³-hybridized carbons (Fsp3) is 0.476. The summed E-state index contributed by atoms with van der Waals surface area (Å²) in [5, 5.41) is 0.650. The minimum atomic E-state index is 0.229. The Morgan fingerprint density at radius 2 is 1.76 bits per heavy atom. The number of hydrogen-bond donors (Lipinski definition) is 0. The molecule has 136 valence electrons. The van der Waals surface area contributed by atoms with Crippen LogP contribution >= 0.6 is 11.6 Å². The van der Waals surface area contributed by atoms with Crippen LogP contribution in [0.3, 0.4) is 0 Å². The molecular formula is C21H28ClNO2. The predicted octanol–water partition coefficient (Wildman–Crippen LogP) is 6.10. The average Bonchev–Trinajstić information content (AvgIpc) is 2.65. The van der Waals surface area contributed by atoms with E-state index in [1.165, 1.54) is 0 Å². The third-order valence-electron chi connectivity index (χ3n) is 4.49. The SMILES string of the molecule is CCc1cc(OC(CC)CC)c(CC)nc1-c1ccc(OC)cc1Cl. The van der Waals surface area contributed by atoms with E-state index < -0.39 is 0 Å². The molecule has 25 heavy (non-hydrogen) atoms. The monoisotopic (exact) mass is 361 g/mol. The molecule has 1 heterocycles. The van der Waals surface area contributed by atoms with Crippen molar-refractivity contribution in [2.75, 3.05) is 7.11 Å². The zero-order valence-electron chi connectivity index (χ0n) is 15.9. The summed E-state index contributed by atoms with van der Waals surface area (Å²) < 4.78 is 11.5. The van der Waals surface area contributed by atoms with E-state index in [4.69, 9.17) is 26.1 Å². The van der Waals surface area contributed by atoms with Crippen LogP contribution in [0.25, 0.3) is 11.3 Å². The Labute approximate surface area is 156 Å². The van der Waals surface area contributed by atoms with Gasteiger partial charge in [-0.2, -0.15) is 0 Å². The maximum absolute atomic E-state index is 6.48. The molecule has 0 fully saturated rings. The molecule has 4 heteroatoms. The Hall–Kier alpha value is -1.74. The van der Waals surface area contributed by atoms with Gasteiger partial charge < -0.3 is 9.47 Å². The quantitative estimate of drug-likeness (QED) is 0.569. The minimum absolute atomic E-state index is 0.229. The second kappa shape index (κ2) is 9.10. The maximum Gasteiger partial charge on any atom is 0.141 e. The van der Waals surface area contributed by atoms with Crippen molar-refractivity contribution in [3.05, 3.63) is 40.5 Å². The maximum atomic E-state index is 6.48. The molecule has 0 atom stereocenters. The van der Waals surface area contributed by atoms with Crippen molar-refractivity contribution in [2.24, 2.45) is 0 Å². The van der Waals surface area contributed by atoms with E-state index in [9.17, 15) is 0 Å². The summed E-state index contributed by atoms with van der Waals surface area (Å²) in [6.45, 7) is 8.54. The van der Waals surface area contributed by atoms with Crippen molar-refractivity contribution in [3.63, 3.8) is 0 Å². The second-order valence-electron chi connectivity index (χ2n) is 6.05. The van der Waals surface area contributed by atoms with E-state index in [-0.39, 0.29) is 6.10 Å². The molecule has 3 nitrogen and oxygen atoms in total. The molecule has 2 aromatic rings. The van der Waals surface area contributed by atoms with E-state index in [1.54, 1.807) is 7.11 Å². The van der Waals surface area contributed by atoms with Gasteiger partial charge in [0.15, 0.2) is 0 Å². The largest absolute Gasteiger partial charge is 0.497 e. The van der Waals surface area contributed by atoms with Gasteiger partial charge in [-0.15, -0.1) is 0 Å². The Morgan fingerprint density at radius 1 is 1.04 bits per heavy atom. The summed E-state index contributed by atoms with van der Waals surface area (Å²) in [7, 11) is 1.64. The summed E-state index contributed by atoms with van der Waals surface area (Å²) in [4.78, 5) is 4.92. The van der Waals surface area contributed by atoms with E-state index in [0.29, 0.717) is 5.02 Å². The van der Waals surface area contributed by atoms with Crippen LogP contribution in [0.2, 0.25) is 5.02 Å². The first-order valence-electron chi connectivity index (χ1n) is 9.11.